The number of carbonyl (C=O) groups excluding carboxylic acids is 1. The maximum Gasteiger partial charge on any atom is 0.297 e. The summed E-state index contributed by atoms with van der Waals surface area (Å²) in [6, 6.07) is 17.3. The number of aromatic nitrogens is 1. The summed E-state index contributed by atoms with van der Waals surface area (Å²) in [5.74, 6) is -0.457. The number of nitrogens with zero attached hydrogens (tertiary/aromatic N) is 2. The van der Waals surface area contributed by atoms with Crippen LogP contribution >= 0.6 is 11.3 Å². The number of anilines is 1. The van der Waals surface area contributed by atoms with E-state index in [0.717, 1.165) is 4.70 Å². The fourth-order valence-electron chi connectivity index (χ4n) is 4.36. The molecule has 1 aliphatic rings. The summed E-state index contributed by atoms with van der Waals surface area (Å²) >= 11 is 1.27. The van der Waals surface area contributed by atoms with Crippen molar-refractivity contribution in [3.05, 3.63) is 99.7 Å². The van der Waals surface area contributed by atoms with Crippen molar-refractivity contribution in [1.82, 2.24) is 4.98 Å². The highest BCUT2D eigenvalue weighted by atomic mass is 32.1. The Labute approximate surface area is 196 Å². The first kappa shape index (κ1) is 20.6. The monoisotopic (exact) mass is 472 g/mol. The van der Waals surface area contributed by atoms with Crippen molar-refractivity contribution in [2.75, 3.05) is 11.5 Å². The normalized spacial score (nSPS) is 15.3. The molecule has 6 nitrogen and oxygen atoms in total. The lowest BCUT2D eigenvalue weighted by Crippen LogP contribution is -2.30. The van der Waals surface area contributed by atoms with Gasteiger partial charge < -0.3 is 9.15 Å². The number of para-hydroxylation sites is 1. The molecule has 0 aliphatic carbocycles. The number of ether oxygens (including phenoxy) is 1. The lowest BCUT2D eigenvalue weighted by atomic mass is 9.98. The highest BCUT2D eigenvalue weighted by molar-refractivity contribution is 7.22. The van der Waals surface area contributed by atoms with E-state index in [-0.39, 0.29) is 22.3 Å². The quantitative estimate of drug-likeness (QED) is 0.336. The average Bonchev–Trinajstić information content (AvgIpc) is 3.38. The fourth-order valence-corrected chi connectivity index (χ4v) is 5.38. The van der Waals surface area contributed by atoms with Gasteiger partial charge >= 0.3 is 0 Å². The zero-order valence-corrected chi connectivity index (χ0v) is 18.8. The zero-order valence-electron chi connectivity index (χ0n) is 17.9. The standard InChI is InChI=1S/C26H17FN2O4S/c1-2-32-14-11-12-18-20(13-14)34-26(28-18)29-22(15-7-3-5-9-17(15)27)21-23(30)16-8-4-6-10-19(16)33-24(21)25(29)31/h3-13,22H,2H2,1H3/t22-/m0/s1. The van der Waals surface area contributed by atoms with Crippen LogP contribution in [0.3, 0.4) is 0 Å². The van der Waals surface area contributed by atoms with Gasteiger partial charge in [0.2, 0.25) is 5.76 Å². The van der Waals surface area contributed by atoms with Gasteiger partial charge in [-0.05, 0) is 43.3 Å². The van der Waals surface area contributed by atoms with Gasteiger partial charge in [0.15, 0.2) is 10.6 Å². The number of hydrogen-bond donors (Lipinski definition) is 0. The molecule has 5 aromatic rings. The molecule has 34 heavy (non-hydrogen) atoms. The molecule has 3 heterocycles. The van der Waals surface area contributed by atoms with Crippen molar-refractivity contribution in [2.24, 2.45) is 0 Å². The van der Waals surface area contributed by atoms with Crippen LogP contribution in [-0.2, 0) is 0 Å². The smallest absolute Gasteiger partial charge is 0.297 e. The van der Waals surface area contributed by atoms with E-state index in [1.807, 2.05) is 25.1 Å². The van der Waals surface area contributed by atoms with Gasteiger partial charge in [0.25, 0.3) is 5.91 Å². The Morgan fingerprint density at radius 3 is 2.71 bits per heavy atom. The summed E-state index contributed by atoms with van der Waals surface area (Å²) in [5, 5.41) is 0.680. The van der Waals surface area contributed by atoms with Gasteiger partial charge in [0.05, 0.1) is 27.8 Å². The fraction of sp³-hybridized carbons (Fsp3) is 0.115. The molecule has 0 unspecified atom stereocenters. The largest absolute Gasteiger partial charge is 0.494 e. The number of benzene rings is 3. The van der Waals surface area contributed by atoms with Gasteiger partial charge in [-0.2, -0.15) is 0 Å². The number of carbonyl (C=O) groups is 1. The second-order valence-electron chi connectivity index (χ2n) is 7.83. The second kappa shape index (κ2) is 7.78. The molecule has 168 valence electrons. The van der Waals surface area contributed by atoms with Crippen LogP contribution in [-0.4, -0.2) is 17.5 Å². The van der Waals surface area contributed by atoms with Crippen LogP contribution in [0.5, 0.6) is 5.75 Å². The minimum absolute atomic E-state index is 0.0915. The van der Waals surface area contributed by atoms with Crippen LogP contribution in [0.25, 0.3) is 21.2 Å². The molecule has 0 N–H and O–H groups in total. The lowest BCUT2D eigenvalue weighted by Gasteiger charge is -2.22. The maximum atomic E-state index is 15.0. The van der Waals surface area contributed by atoms with Crippen LogP contribution in [0.15, 0.2) is 75.9 Å². The van der Waals surface area contributed by atoms with Gasteiger partial charge in [-0.15, -0.1) is 0 Å². The van der Waals surface area contributed by atoms with E-state index in [9.17, 15) is 9.59 Å². The Kier molecular flexibility index (Phi) is 4.70. The predicted octanol–water partition coefficient (Wildman–Crippen LogP) is 5.69. The van der Waals surface area contributed by atoms with E-state index >= 15 is 4.39 Å². The Bertz CT molecular complexity index is 1660. The molecule has 8 heteroatoms. The summed E-state index contributed by atoms with van der Waals surface area (Å²) in [6.45, 7) is 2.42. The molecule has 0 spiro atoms. The van der Waals surface area contributed by atoms with Crippen molar-refractivity contribution in [1.29, 1.82) is 0 Å². The minimum Gasteiger partial charge on any atom is -0.494 e. The first-order chi connectivity index (χ1) is 16.6. The number of hydrogen-bond acceptors (Lipinski definition) is 6. The molecule has 0 saturated carbocycles. The third kappa shape index (κ3) is 3.03. The molecule has 6 rings (SSSR count). The molecule has 3 aromatic carbocycles. The van der Waals surface area contributed by atoms with E-state index < -0.39 is 17.8 Å². The Morgan fingerprint density at radius 1 is 1.09 bits per heavy atom. The molecule has 0 radical (unpaired) electrons. The molecule has 1 aliphatic heterocycles. The van der Waals surface area contributed by atoms with Crippen molar-refractivity contribution >= 4 is 43.6 Å². The van der Waals surface area contributed by atoms with Crippen molar-refractivity contribution in [2.45, 2.75) is 13.0 Å². The van der Waals surface area contributed by atoms with Gasteiger partial charge in [-0.1, -0.05) is 41.7 Å². The summed E-state index contributed by atoms with van der Waals surface area (Å²) in [5.41, 5.74) is 0.929. The Morgan fingerprint density at radius 2 is 1.88 bits per heavy atom. The van der Waals surface area contributed by atoms with Crippen molar-refractivity contribution in [3.63, 3.8) is 0 Å². The average molecular weight is 472 g/mol. The lowest BCUT2D eigenvalue weighted by molar-refractivity contribution is 0.0971. The Hall–Kier alpha value is -4.04. The molecule has 1 atom stereocenters. The second-order valence-corrected chi connectivity index (χ2v) is 8.84. The first-order valence-electron chi connectivity index (χ1n) is 10.7. The number of amides is 1. The topological polar surface area (TPSA) is 72.6 Å². The van der Waals surface area contributed by atoms with Crippen LogP contribution in [0, 0.1) is 5.82 Å². The van der Waals surface area contributed by atoms with Gasteiger partial charge in [0, 0.05) is 5.56 Å². The highest BCUT2D eigenvalue weighted by Crippen LogP contribution is 2.44. The summed E-state index contributed by atoms with van der Waals surface area (Å²) in [4.78, 5) is 33.2. The summed E-state index contributed by atoms with van der Waals surface area (Å²) in [7, 11) is 0. The van der Waals surface area contributed by atoms with Crippen LogP contribution in [0.1, 0.15) is 34.6 Å². The highest BCUT2D eigenvalue weighted by Gasteiger charge is 2.45. The summed E-state index contributed by atoms with van der Waals surface area (Å²) < 4.78 is 27.3. The van der Waals surface area contributed by atoms with Crippen molar-refractivity contribution < 1.29 is 18.3 Å². The number of halogens is 1. The molecule has 1 amide bonds. The Balaban J connectivity index is 1.61. The van der Waals surface area contributed by atoms with Crippen LogP contribution < -0.4 is 15.1 Å². The zero-order chi connectivity index (χ0) is 23.4. The van der Waals surface area contributed by atoms with Crippen molar-refractivity contribution in [3.8, 4) is 5.75 Å². The summed E-state index contributed by atoms with van der Waals surface area (Å²) in [6.07, 6.45) is 0. The van der Waals surface area contributed by atoms with E-state index in [0.29, 0.717) is 34.0 Å². The number of thiazole rings is 1. The van der Waals surface area contributed by atoms with E-state index in [1.54, 1.807) is 42.5 Å². The maximum absolute atomic E-state index is 15.0. The number of rotatable bonds is 4. The van der Waals surface area contributed by atoms with E-state index in [2.05, 4.69) is 4.98 Å². The minimum atomic E-state index is -1.00. The molecular formula is C26H17FN2O4S. The van der Waals surface area contributed by atoms with Crippen LogP contribution in [0.4, 0.5) is 9.52 Å². The first-order valence-corrected chi connectivity index (χ1v) is 11.6. The predicted molar refractivity (Wildman–Crippen MR) is 128 cm³/mol. The molecule has 2 aromatic heterocycles. The van der Waals surface area contributed by atoms with E-state index in [4.69, 9.17) is 9.15 Å². The van der Waals surface area contributed by atoms with Gasteiger partial charge in [-0.25, -0.2) is 9.37 Å². The third-order valence-corrected chi connectivity index (χ3v) is 6.86. The number of fused-ring (bicyclic) bond motifs is 3. The molecular weight excluding hydrogens is 455 g/mol. The molecule has 0 fully saturated rings. The SMILES string of the molecule is CCOc1ccc2nc(N3C(=O)c4oc5ccccc5c(=O)c4[C@@H]3c3ccccc3F)sc2c1. The van der Waals surface area contributed by atoms with Gasteiger partial charge in [-0.3, -0.25) is 14.5 Å². The van der Waals surface area contributed by atoms with Crippen LogP contribution in [0.2, 0.25) is 0 Å². The third-order valence-electron chi connectivity index (χ3n) is 5.84. The van der Waals surface area contributed by atoms with Gasteiger partial charge in [0.1, 0.15) is 23.2 Å². The van der Waals surface area contributed by atoms with E-state index in [1.165, 1.54) is 22.3 Å². The molecule has 0 bridgehead atoms. The molecule has 0 saturated heterocycles.